The van der Waals surface area contributed by atoms with E-state index in [1.165, 1.54) is 53.6 Å². The van der Waals surface area contributed by atoms with Crippen LogP contribution in [0, 0.1) is 15.9 Å². The predicted molar refractivity (Wildman–Crippen MR) is 106 cm³/mol. The van der Waals surface area contributed by atoms with Crippen molar-refractivity contribution in [2.45, 2.75) is 12.6 Å². The fourth-order valence-electron chi connectivity index (χ4n) is 3.53. The molecule has 3 aromatic rings. The van der Waals surface area contributed by atoms with Crippen LogP contribution in [0.2, 0.25) is 0 Å². The Bertz CT molecular complexity index is 1200. The summed E-state index contributed by atoms with van der Waals surface area (Å²) in [6, 6.07) is 12.5. The van der Waals surface area contributed by atoms with Gasteiger partial charge in [0, 0.05) is 17.7 Å². The van der Waals surface area contributed by atoms with Gasteiger partial charge in [0.25, 0.3) is 17.4 Å². The van der Waals surface area contributed by atoms with E-state index in [9.17, 15) is 29.2 Å². The zero-order valence-corrected chi connectivity index (χ0v) is 15.9. The number of nitro groups is 1. The van der Waals surface area contributed by atoms with Gasteiger partial charge in [0.05, 0.1) is 29.3 Å². The van der Waals surface area contributed by atoms with E-state index in [4.69, 9.17) is 4.42 Å². The molecule has 1 atom stereocenters. The molecular weight excluding hydrogens is 407 g/mol. The Morgan fingerprint density at radius 2 is 1.87 bits per heavy atom. The number of rotatable bonds is 5. The normalized spacial score (nSPS) is 17.8. The maximum atomic E-state index is 13.5. The number of likely N-dealkylation sites (tertiary alicyclic amines) is 1. The van der Waals surface area contributed by atoms with Gasteiger partial charge in [-0.15, -0.1) is 0 Å². The summed E-state index contributed by atoms with van der Waals surface area (Å²) >= 11 is 0. The Morgan fingerprint density at radius 1 is 1.13 bits per heavy atom. The number of nitro benzene ring substituents is 1. The fraction of sp³-hybridized carbons (Fsp3) is 0.0909. The third kappa shape index (κ3) is 3.68. The molecular formula is C22H15FN2O6. The lowest BCUT2D eigenvalue weighted by Crippen LogP contribution is -2.29. The molecule has 0 unspecified atom stereocenters. The van der Waals surface area contributed by atoms with Crippen molar-refractivity contribution in [3.8, 4) is 0 Å². The molecule has 0 spiro atoms. The van der Waals surface area contributed by atoms with Crippen molar-refractivity contribution in [3.05, 3.63) is 105 Å². The van der Waals surface area contributed by atoms with E-state index in [1.54, 1.807) is 12.1 Å². The maximum absolute atomic E-state index is 13.5. The lowest BCUT2D eigenvalue weighted by molar-refractivity contribution is -0.384. The van der Waals surface area contributed by atoms with E-state index in [1.807, 2.05) is 0 Å². The first-order valence-electron chi connectivity index (χ1n) is 9.18. The number of Topliss-reactive ketones (excluding diaryl/α,β-unsaturated/α-hetero) is 1. The second-order valence-electron chi connectivity index (χ2n) is 6.87. The number of amides is 1. The van der Waals surface area contributed by atoms with Crippen molar-refractivity contribution < 1.29 is 28.4 Å². The third-order valence-electron chi connectivity index (χ3n) is 4.96. The average molecular weight is 422 g/mol. The van der Waals surface area contributed by atoms with E-state index in [0.717, 1.165) is 6.07 Å². The van der Waals surface area contributed by atoms with Gasteiger partial charge in [-0.05, 0) is 29.8 Å². The van der Waals surface area contributed by atoms with Crippen LogP contribution in [0.15, 0.2) is 76.9 Å². The molecule has 1 aromatic heterocycles. The third-order valence-corrected chi connectivity index (χ3v) is 4.96. The Balaban J connectivity index is 1.87. The molecule has 1 fully saturated rings. The van der Waals surface area contributed by atoms with Crippen molar-refractivity contribution in [1.82, 2.24) is 4.90 Å². The number of aliphatic hydroxyl groups excluding tert-OH is 1. The molecule has 0 saturated carbocycles. The first-order valence-corrected chi connectivity index (χ1v) is 9.18. The van der Waals surface area contributed by atoms with Crippen LogP contribution in [0.4, 0.5) is 10.1 Å². The average Bonchev–Trinajstić information content (AvgIpc) is 3.36. The monoisotopic (exact) mass is 422 g/mol. The Morgan fingerprint density at radius 3 is 2.52 bits per heavy atom. The number of carbonyl (C=O) groups excluding carboxylic acids is 2. The molecule has 4 rings (SSSR count). The van der Waals surface area contributed by atoms with Crippen LogP contribution < -0.4 is 0 Å². The largest absolute Gasteiger partial charge is 0.507 e. The number of halogens is 1. The summed E-state index contributed by atoms with van der Waals surface area (Å²) in [5, 5.41) is 22.0. The van der Waals surface area contributed by atoms with Gasteiger partial charge in [-0.3, -0.25) is 19.7 Å². The molecule has 156 valence electrons. The fourth-order valence-corrected chi connectivity index (χ4v) is 3.53. The highest BCUT2D eigenvalue weighted by Gasteiger charge is 2.46. The minimum atomic E-state index is -1.04. The molecule has 8 nitrogen and oxygen atoms in total. The maximum Gasteiger partial charge on any atom is 0.296 e. The van der Waals surface area contributed by atoms with Crippen LogP contribution in [0.5, 0.6) is 0 Å². The topological polar surface area (TPSA) is 114 Å². The van der Waals surface area contributed by atoms with Crippen molar-refractivity contribution in [2.24, 2.45) is 0 Å². The van der Waals surface area contributed by atoms with E-state index in [-0.39, 0.29) is 23.4 Å². The summed E-state index contributed by atoms with van der Waals surface area (Å²) in [4.78, 5) is 37.4. The summed E-state index contributed by atoms with van der Waals surface area (Å²) in [5.41, 5.74) is -0.132. The molecule has 1 aliphatic heterocycles. The van der Waals surface area contributed by atoms with Crippen LogP contribution in [0.25, 0.3) is 5.76 Å². The highest BCUT2D eigenvalue weighted by atomic mass is 19.1. The highest BCUT2D eigenvalue weighted by Crippen LogP contribution is 2.40. The van der Waals surface area contributed by atoms with Gasteiger partial charge in [0.15, 0.2) is 0 Å². The zero-order valence-electron chi connectivity index (χ0n) is 15.9. The SMILES string of the molecule is O=C1C(=O)N(Cc2ccco2)[C@H](c2ccc(F)cc2)/C1=C(\O)c1cccc([N+](=O)[O-])c1. The minimum Gasteiger partial charge on any atom is -0.507 e. The summed E-state index contributed by atoms with van der Waals surface area (Å²) in [5.74, 6) is -2.49. The molecule has 1 amide bonds. The summed E-state index contributed by atoms with van der Waals surface area (Å²) in [6.45, 7) is -0.0642. The molecule has 2 aromatic carbocycles. The van der Waals surface area contributed by atoms with E-state index in [2.05, 4.69) is 0 Å². The van der Waals surface area contributed by atoms with Crippen LogP contribution in [-0.4, -0.2) is 26.6 Å². The van der Waals surface area contributed by atoms with Crippen molar-refractivity contribution in [3.63, 3.8) is 0 Å². The smallest absolute Gasteiger partial charge is 0.296 e. The van der Waals surface area contributed by atoms with Gasteiger partial charge in [-0.2, -0.15) is 0 Å². The molecule has 0 bridgehead atoms. The summed E-state index contributed by atoms with van der Waals surface area (Å²) < 4.78 is 18.8. The van der Waals surface area contributed by atoms with Gasteiger partial charge in [0.1, 0.15) is 17.3 Å². The number of furan rings is 1. The van der Waals surface area contributed by atoms with Gasteiger partial charge < -0.3 is 14.4 Å². The van der Waals surface area contributed by atoms with E-state index < -0.39 is 34.2 Å². The van der Waals surface area contributed by atoms with Crippen molar-refractivity contribution >= 4 is 23.1 Å². The van der Waals surface area contributed by atoms with Crippen molar-refractivity contribution in [2.75, 3.05) is 0 Å². The Labute approximate surface area is 175 Å². The molecule has 1 aliphatic rings. The lowest BCUT2D eigenvalue weighted by atomic mass is 9.95. The number of hydrogen-bond acceptors (Lipinski definition) is 6. The number of ketones is 1. The molecule has 31 heavy (non-hydrogen) atoms. The first kappa shape index (κ1) is 20.0. The van der Waals surface area contributed by atoms with E-state index in [0.29, 0.717) is 11.3 Å². The second-order valence-corrected chi connectivity index (χ2v) is 6.87. The number of non-ortho nitro benzene ring substituents is 1. The number of nitrogens with zero attached hydrogens (tertiary/aromatic N) is 2. The van der Waals surface area contributed by atoms with Gasteiger partial charge in [-0.25, -0.2) is 4.39 Å². The van der Waals surface area contributed by atoms with Gasteiger partial charge >= 0.3 is 0 Å². The Hall–Kier alpha value is -4.27. The van der Waals surface area contributed by atoms with Crippen LogP contribution in [-0.2, 0) is 16.1 Å². The van der Waals surface area contributed by atoms with E-state index >= 15 is 0 Å². The summed E-state index contributed by atoms with van der Waals surface area (Å²) in [7, 11) is 0. The zero-order chi connectivity index (χ0) is 22.1. The number of hydrogen-bond donors (Lipinski definition) is 1. The first-order chi connectivity index (χ1) is 14.9. The lowest BCUT2D eigenvalue weighted by Gasteiger charge is -2.24. The number of aliphatic hydroxyl groups is 1. The van der Waals surface area contributed by atoms with Gasteiger partial charge in [-0.1, -0.05) is 24.3 Å². The molecule has 1 N–H and O–H groups in total. The Kier molecular flexibility index (Phi) is 5.08. The second kappa shape index (κ2) is 7.86. The highest BCUT2D eigenvalue weighted by molar-refractivity contribution is 6.46. The molecule has 0 radical (unpaired) electrons. The molecule has 1 saturated heterocycles. The van der Waals surface area contributed by atoms with Gasteiger partial charge in [0.2, 0.25) is 0 Å². The van der Waals surface area contributed by atoms with Crippen LogP contribution in [0.3, 0.4) is 0 Å². The predicted octanol–water partition coefficient (Wildman–Crippen LogP) is 3.95. The standard InChI is InChI=1S/C22H15FN2O6/c23-15-8-6-13(7-9-15)19-18(20(26)14-3-1-4-16(11-14)25(29)30)21(27)22(28)24(19)12-17-5-2-10-31-17/h1-11,19,26H,12H2/b20-18+/t19-/m1/s1. The molecule has 0 aliphatic carbocycles. The quantitative estimate of drug-likeness (QED) is 0.219. The summed E-state index contributed by atoms with van der Waals surface area (Å²) in [6.07, 6.45) is 1.42. The van der Waals surface area contributed by atoms with Crippen LogP contribution >= 0.6 is 0 Å². The number of carbonyl (C=O) groups is 2. The van der Waals surface area contributed by atoms with Crippen molar-refractivity contribution in [1.29, 1.82) is 0 Å². The number of benzene rings is 2. The van der Waals surface area contributed by atoms with Crippen LogP contribution in [0.1, 0.15) is 22.9 Å². The minimum absolute atomic E-state index is 0.0114. The molecule has 2 heterocycles. The molecule has 9 heteroatoms.